The van der Waals surface area contributed by atoms with Crippen molar-refractivity contribution in [1.82, 2.24) is 4.90 Å². The van der Waals surface area contributed by atoms with E-state index < -0.39 is 9.84 Å². The first-order valence-corrected chi connectivity index (χ1v) is 11.0. The number of sulfone groups is 1. The van der Waals surface area contributed by atoms with Crippen LogP contribution in [0.15, 0.2) is 34.4 Å². The third-order valence-corrected chi connectivity index (χ3v) is 7.15. The maximum Gasteiger partial charge on any atom is 0.232 e. The van der Waals surface area contributed by atoms with Crippen molar-refractivity contribution in [3.63, 3.8) is 0 Å². The minimum atomic E-state index is -2.99. The molecule has 28 heavy (non-hydrogen) atoms. The smallest absolute Gasteiger partial charge is 0.232 e. The Morgan fingerprint density at radius 1 is 1.21 bits per heavy atom. The SMILES string of the molecule is Cc1ccc(/C=C2/Oc3c(ccc4c3CN(C3CCS(=O)(=O)C3)CO4)C2=O)o1. The van der Waals surface area contributed by atoms with Gasteiger partial charge in [0.05, 0.1) is 22.6 Å². The van der Waals surface area contributed by atoms with E-state index in [4.69, 9.17) is 13.9 Å². The molecular weight excluding hydrogens is 382 g/mol. The van der Waals surface area contributed by atoms with Gasteiger partial charge in [0, 0.05) is 18.7 Å². The summed E-state index contributed by atoms with van der Waals surface area (Å²) in [5.74, 6) is 2.81. The minimum Gasteiger partial charge on any atom is -0.478 e. The molecule has 8 heteroatoms. The normalized spacial score (nSPS) is 24.7. The third-order valence-electron chi connectivity index (χ3n) is 5.40. The van der Waals surface area contributed by atoms with Gasteiger partial charge in [0.15, 0.2) is 15.6 Å². The van der Waals surface area contributed by atoms with Crippen LogP contribution in [0.5, 0.6) is 11.5 Å². The van der Waals surface area contributed by atoms with Gasteiger partial charge in [-0.2, -0.15) is 0 Å². The zero-order valence-electron chi connectivity index (χ0n) is 15.3. The Morgan fingerprint density at radius 3 is 2.79 bits per heavy atom. The van der Waals surface area contributed by atoms with E-state index in [9.17, 15) is 13.2 Å². The lowest BCUT2D eigenvalue weighted by Crippen LogP contribution is -2.41. The van der Waals surface area contributed by atoms with Crippen LogP contribution in [0.4, 0.5) is 0 Å². The van der Waals surface area contributed by atoms with Crippen LogP contribution in [0.3, 0.4) is 0 Å². The highest BCUT2D eigenvalue weighted by atomic mass is 32.2. The monoisotopic (exact) mass is 401 g/mol. The first-order chi connectivity index (χ1) is 13.4. The average Bonchev–Trinajstić information content (AvgIpc) is 3.33. The predicted molar refractivity (Wildman–Crippen MR) is 101 cm³/mol. The summed E-state index contributed by atoms with van der Waals surface area (Å²) in [4.78, 5) is 14.7. The number of furan rings is 1. The second kappa shape index (κ2) is 6.22. The molecule has 0 bridgehead atoms. The number of hydrogen-bond donors (Lipinski definition) is 0. The predicted octanol–water partition coefficient (Wildman–Crippen LogP) is 2.54. The zero-order valence-corrected chi connectivity index (χ0v) is 16.1. The summed E-state index contributed by atoms with van der Waals surface area (Å²) in [7, 11) is -2.99. The summed E-state index contributed by atoms with van der Waals surface area (Å²) in [6.07, 6.45) is 2.19. The zero-order chi connectivity index (χ0) is 19.5. The molecule has 1 atom stereocenters. The van der Waals surface area contributed by atoms with E-state index in [0.29, 0.717) is 42.5 Å². The van der Waals surface area contributed by atoms with Crippen molar-refractivity contribution in [1.29, 1.82) is 0 Å². The number of ketones is 1. The number of rotatable bonds is 2. The Labute approximate surface area is 162 Å². The Hall–Kier alpha value is -2.58. The van der Waals surface area contributed by atoms with E-state index in [1.54, 1.807) is 24.3 Å². The van der Waals surface area contributed by atoms with Gasteiger partial charge in [-0.3, -0.25) is 9.69 Å². The van der Waals surface area contributed by atoms with Crippen molar-refractivity contribution in [2.75, 3.05) is 18.2 Å². The molecular formula is C20H19NO6S. The summed E-state index contributed by atoms with van der Waals surface area (Å²) < 4.78 is 40.9. The quantitative estimate of drug-likeness (QED) is 0.715. The van der Waals surface area contributed by atoms with Gasteiger partial charge in [-0.25, -0.2) is 8.42 Å². The van der Waals surface area contributed by atoms with Gasteiger partial charge in [-0.15, -0.1) is 0 Å². The van der Waals surface area contributed by atoms with Crippen LogP contribution in [0.25, 0.3) is 6.08 Å². The second-order valence-electron chi connectivity index (χ2n) is 7.38. The number of carbonyl (C=O) groups is 1. The van der Waals surface area contributed by atoms with Gasteiger partial charge in [0.2, 0.25) is 5.78 Å². The standard InChI is InChI=1S/C20H19NO6S/c1-12-2-3-14(26-12)8-18-19(22)15-4-5-17-16(20(15)27-18)9-21(11-25-17)13-6-7-28(23,24)10-13/h2-5,8,13H,6-7,9-11H2,1H3/b18-8+. The fourth-order valence-corrected chi connectivity index (χ4v) is 5.69. The Morgan fingerprint density at radius 2 is 2.07 bits per heavy atom. The molecule has 0 radical (unpaired) electrons. The number of allylic oxidation sites excluding steroid dienone is 1. The Kier molecular flexibility index (Phi) is 3.89. The van der Waals surface area contributed by atoms with E-state index in [0.717, 1.165) is 11.3 Å². The van der Waals surface area contributed by atoms with Crippen molar-refractivity contribution >= 4 is 21.7 Å². The van der Waals surface area contributed by atoms with Crippen molar-refractivity contribution in [2.45, 2.75) is 25.9 Å². The number of ether oxygens (including phenoxy) is 2. The Bertz CT molecular complexity index is 1110. The van der Waals surface area contributed by atoms with Crippen LogP contribution < -0.4 is 9.47 Å². The lowest BCUT2D eigenvalue weighted by Gasteiger charge is -2.33. The van der Waals surface area contributed by atoms with E-state index in [1.807, 2.05) is 17.9 Å². The molecule has 1 fully saturated rings. The van der Waals surface area contributed by atoms with E-state index in [2.05, 4.69) is 0 Å². The van der Waals surface area contributed by atoms with Gasteiger partial charge in [-0.05, 0) is 37.6 Å². The second-order valence-corrected chi connectivity index (χ2v) is 9.61. The third kappa shape index (κ3) is 2.93. The molecule has 1 unspecified atom stereocenters. The number of fused-ring (bicyclic) bond motifs is 3. The first-order valence-electron chi connectivity index (χ1n) is 9.13. The van der Waals surface area contributed by atoms with Crippen LogP contribution in [0, 0.1) is 6.92 Å². The Balaban J connectivity index is 1.45. The molecule has 1 aromatic heterocycles. The van der Waals surface area contributed by atoms with Gasteiger partial charge in [-0.1, -0.05) is 0 Å². The molecule has 0 amide bonds. The first kappa shape index (κ1) is 17.5. The summed E-state index contributed by atoms with van der Waals surface area (Å²) in [6.45, 7) is 2.65. The fraction of sp³-hybridized carbons (Fsp3) is 0.350. The molecule has 1 aromatic carbocycles. The number of hydrogen-bond acceptors (Lipinski definition) is 7. The van der Waals surface area contributed by atoms with Crippen LogP contribution in [0.1, 0.15) is 33.9 Å². The maximum atomic E-state index is 12.7. The van der Waals surface area contributed by atoms with E-state index in [1.165, 1.54) is 0 Å². The minimum absolute atomic E-state index is 0.0767. The lowest BCUT2D eigenvalue weighted by atomic mass is 10.0. The van der Waals surface area contributed by atoms with Crippen molar-refractivity contribution in [3.8, 4) is 11.5 Å². The molecule has 0 N–H and O–H groups in total. The molecule has 1 saturated heterocycles. The maximum absolute atomic E-state index is 12.7. The highest BCUT2D eigenvalue weighted by Crippen LogP contribution is 2.42. The highest BCUT2D eigenvalue weighted by Gasteiger charge is 2.38. The van der Waals surface area contributed by atoms with E-state index >= 15 is 0 Å². The number of nitrogens with zero attached hydrogens (tertiary/aromatic N) is 1. The van der Waals surface area contributed by atoms with Crippen LogP contribution >= 0.6 is 0 Å². The number of carbonyl (C=O) groups excluding carboxylic acids is 1. The number of benzene rings is 1. The molecule has 7 nitrogen and oxygen atoms in total. The summed E-state index contributed by atoms with van der Waals surface area (Å²) in [5.41, 5.74) is 1.26. The van der Waals surface area contributed by atoms with E-state index in [-0.39, 0.29) is 29.1 Å². The van der Waals surface area contributed by atoms with Crippen molar-refractivity contribution < 1.29 is 27.1 Å². The molecule has 0 saturated carbocycles. The molecule has 5 rings (SSSR count). The van der Waals surface area contributed by atoms with Crippen molar-refractivity contribution in [2.24, 2.45) is 0 Å². The van der Waals surface area contributed by atoms with Gasteiger partial charge >= 0.3 is 0 Å². The van der Waals surface area contributed by atoms with Gasteiger partial charge < -0.3 is 13.9 Å². The summed E-state index contributed by atoms with van der Waals surface area (Å²) in [6, 6.07) is 7.01. The molecule has 0 aliphatic carbocycles. The average molecular weight is 401 g/mol. The van der Waals surface area contributed by atoms with Gasteiger partial charge in [0.25, 0.3) is 0 Å². The van der Waals surface area contributed by atoms with Crippen LogP contribution in [-0.2, 0) is 16.4 Å². The van der Waals surface area contributed by atoms with Crippen LogP contribution in [0.2, 0.25) is 0 Å². The number of Topliss-reactive ketones (excluding diaryl/α,β-unsaturated/α-hetero) is 1. The topological polar surface area (TPSA) is 86.0 Å². The van der Waals surface area contributed by atoms with Crippen LogP contribution in [-0.4, -0.2) is 43.4 Å². The lowest BCUT2D eigenvalue weighted by molar-refractivity contribution is 0.0634. The highest BCUT2D eigenvalue weighted by molar-refractivity contribution is 7.91. The molecule has 146 valence electrons. The number of aryl methyl sites for hydroxylation is 1. The van der Waals surface area contributed by atoms with Gasteiger partial charge in [0.1, 0.15) is 29.8 Å². The fourth-order valence-electron chi connectivity index (χ4n) is 3.93. The largest absolute Gasteiger partial charge is 0.478 e. The molecule has 4 heterocycles. The summed E-state index contributed by atoms with van der Waals surface area (Å²) >= 11 is 0. The van der Waals surface area contributed by atoms with Crippen molar-refractivity contribution in [3.05, 3.63) is 52.7 Å². The molecule has 3 aliphatic rings. The molecule has 0 spiro atoms. The summed E-state index contributed by atoms with van der Waals surface area (Å²) in [5, 5.41) is 0. The molecule has 2 aromatic rings. The molecule has 3 aliphatic heterocycles.